The third-order valence-corrected chi connectivity index (χ3v) is 5.45. The van der Waals surface area contributed by atoms with Gasteiger partial charge >= 0.3 is 0 Å². The number of amides is 1. The number of carbonyl (C=O) groups excluding carboxylic acids is 1. The summed E-state index contributed by atoms with van der Waals surface area (Å²) in [6.07, 6.45) is 3.33. The number of aryl methyl sites for hydroxylation is 1. The SMILES string of the molecule is CCC(CBr)(CBr)NC(=O)CCCc1ccccc1. The Balaban J connectivity index is 2.35. The van der Waals surface area contributed by atoms with Gasteiger partial charge in [-0.3, -0.25) is 4.79 Å². The number of hydrogen-bond donors (Lipinski definition) is 1. The lowest BCUT2D eigenvalue weighted by Gasteiger charge is -2.30. The van der Waals surface area contributed by atoms with Crippen LogP contribution in [0.15, 0.2) is 30.3 Å². The second-order valence-corrected chi connectivity index (χ2v) is 5.91. The van der Waals surface area contributed by atoms with Gasteiger partial charge in [0.05, 0.1) is 5.54 Å². The van der Waals surface area contributed by atoms with Crippen LogP contribution in [-0.2, 0) is 11.2 Å². The van der Waals surface area contributed by atoms with Crippen molar-refractivity contribution in [3.63, 3.8) is 0 Å². The van der Waals surface area contributed by atoms with Crippen molar-refractivity contribution in [2.45, 2.75) is 38.1 Å². The predicted octanol–water partition coefficient (Wildman–Crippen LogP) is 4.06. The monoisotopic (exact) mass is 389 g/mol. The van der Waals surface area contributed by atoms with Gasteiger partial charge in [-0.25, -0.2) is 0 Å². The molecule has 0 aliphatic carbocycles. The minimum atomic E-state index is -0.163. The fourth-order valence-corrected chi connectivity index (χ4v) is 3.84. The van der Waals surface area contributed by atoms with Crippen molar-refractivity contribution in [2.24, 2.45) is 0 Å². The van der Waals surface area contributed by atoms with Crippen LogP contribution in [-0.4, -0.2) is 22.1 Å². The van der Waals surface area contributed by atoms with Crippen LogP contribution >= 0.6 is 31.9 Å². The van der Waals surface area contributed by atoms with E-state index in [1.807, 2.05) is 18.2 Å². The number of benzene rings is 1. The lowest BCUT2D eigenvalue weighted by atomic mass is 10.0. The molecule has 0 atom stereocenters. The third-order valence-electron chi connectivity index (χ3n) is 3.31. The van der Waals surface area contributed by atoms with E-state index in [1.165, 1.54) is 5.56 Å². The minimum Gasteiger partial charge on any atom is -0.349 e. The largest absolute Gasteiger partial charge is 0.349 e. The van der Waals surface area contributed by atoms with E-state index in [1.54, 1.807) is 0 Å². The molecule has 0 radical (unpaired) electrons. The minimum absolute atomic E-state index is 0.136. The Morgan fingerprint density at radius 1 is 1.21 bits per heavy atom. The topological polar surface area (TPSA) is 29.1 Å². The molecule has 1 amide bonds. The molecule has 1 aromatic rings. The highest BCUT2D eigenvalue weighted by atomic mass is 79.9. The molecule has 0 unspecified atom stereocenters. The van der Waals surface area contributed by atoms with Crippen molar-refractivity contribution in [1.82, 2.24) is 5.32 Å². The first-order valence-corrected chi connectivity index (χ1v) is 8.87. The van der Waals surface area contributed by atoms with Crippen molar-refractivity contribution in [3.8, 4) is 0 Å². The summed E-state index contributed by atoms with van der Waals surface area (Å²) in [5.41, 5.74) is 1.13. The average molecular weight is 391 g/mol. The highest BCUT2D eigenvalue weighted by Crippen LogP contribution is 2.17. The Labute approximate surface area is 132 Å². The van der Waals surface area contributed by atoms with Gasteiger partial charge in [0.15, 0.2) is 0 Å². The number of halogens is 2. The molecule has 4 heteroatoms. The van der Waals surface area contributed by atoms with Crippen LogP contribution < -0.4 is 5.32 Å². The fourth-order valence-electron chi connectivity index (χ4n) is 1.84. The molecular weight excluding hydrogens is 370 g/mol. The maximum atomic E-state index is 12.0. The van der Waals surface area contributed by atoms with Gasteiger partial charge in [0.25, 0.3) is 0 Å². The van der Waals surface area contributed by atoms with Crippen LogP contribution in [0.5, 0.6) is 0 Å². The second-order valence-electron chi connectivity index (χ2n) is 4.79. The van der Waals surface area contributed by atoms with Crippen molar-refractivity contribution < 1.29 is 4.79 Å². The highest BCUT2D eigenvalue weighted by Gasteiger charge is 2.27. The van der Waals surface area contributed by atoms with Crippen LogP contribution in [0.25, 0.3) is 0 Å². The lowest BCUT2D eigenvalue weighted by Crippen LogP contribution is -2.51. The van der Waals surface area contributed by atoms with Crippen LogP contribution in [0, 0.1) is 0 Å². The molecule has 0 aliphatic heterocycles. The van der Waals surface area contributed by atoms with Gasteiger partial charge in [-0.05, 0) is 24.8 Å². The van der Waals surface area contributed by atoms with E-state index in [0.717, 1.165) is 29.9 Å². The number of alkyl halides is 2. The molecule has 0 fully saturated rings. The van der Waals surface area contributed by atoms with Gasteiger partial charge in [-0.1, -0.05) is 69.1 Å². The normalized spacial score (nSPS) is 11.3. The van der Waals surface area contributed by atoms with E-state index in [9.17, 15) is 4.79 Å². The summed E-state index contributed by atoms with van der Waals surface area (Å²) in [6, 6.07) is 10.3. The maximum Gasteiger partial charge on any atom is 0.220 e. The third kappa shape index (κ3) is 5.65. The molecule has 1 aromatic carbocycles. The molecule has 19 heavy (non-hydrogen) atoms. The van der Waals surface area contributed by atoms with E-state index >= 15 is 0 Å². The second kappa shape index (κ2) is 8.75. The molecule has 0 saturated heterocycles. The van der Waals surface area contributed by atoms with E-state index in [2.05, 4.69) is 56.2 Å². The van der Waals surface area contributed by atoms with Gasteiger partial charge in [0.1, 0.15) is 0 Å². The molecule has 1 rings (SSSR count). The lowest BCUT2D eigenvalue weighted by molar-refractivity contribution is -0.122. The summed E-state index contributed by atoms with van der Waals surface area (Å²) in [5.74, 6) is 0.136. The summed E-state index contributed by atoms with van der Waals surface area (Å²) in [4.78, 5) is 12.0. The van der Waals surface area contributed by atoms with Crippen LogP contribution in [0.1, 0.15) is 31.7 Å². The summed E-state index contributed by atoms with van der Waals surface area (Å²) in [7, 11) is 0. The molecule has 0 spiro atoms. The fraction of sp³-hybridized carbons (Fsp3) is 0.533. The quantitative estimate of drug-likeness (QED) is 0.666. The predicted molar refractivity (Wildman–Crippen MR) is 88.1 cm³/mol. The van der Waals surface area contributed by atoms with Crippen LogP contribution in [0.3, 0.4) is 0 Å². The zero-order valence-electron chi connectivity index (χ0n) is 11.3. The van der Waals surface area contributed by atoms with Gasteiger partial charge in [0.2, 0.25) is 5.91 Å². The van der Waals surface area contributed by atoms with Gasteiger partial charge in [-0.2, -0.15) is 0 Å². The van der Waals surface area contributed by atoms with E-state index in [4.69, 9.17) is 0 Å². The highest BCUT2D eigenvalue weighted by molar-refractivity contribution is 9.09. The van der Waals surface area contributed by atoms with Gasteiger partial charge in [0, 0.05) is 17.1 Å². The molecule has 0 aromatic heterocycles. The number of carbonyl (C=O) groups is 1. The Morgan fingerprint density at radius 2 is 1.84 bits per heavy atom. The Morgan fingerprint density at radius 3 is 2.37 bits per heavy atom. The molecule has 2 nitrogen and oxygen atoms in total. The first-order valence-electron chi connectivity index (χ1n) is 6.62. The molecule has 1 N–H and O–H groups in total. The van der Waals surface area contributed by atoms with Crippen LogP contribution in [0.2, 0.25) is 0 Å². The van der Waals surface area contributed by atoms with Crippen molar-refractivity contribution in [2.75, 3.05) is 10.7 Å². The average Bonchev–Trinajstić information content (AvgIpc) is 2.46. The molecule has 0 heterocycles. The summed E-state index contributed by atoms with van der Waals surface area (Å²) >= 11 is 6.96. The molecular formula is C15H21Br2NO. The summed E-state index contributed by atoms with van der Waals surface area (Å²) < 4.78 is 0. The van der Waals surface area contributed by atoms with E-state index < -0.39 is 0 Å². The smallest absolute Gasteiger partial charge is 0.220 e. The van der Waals surface area contributed by atoms with Crippen molar-refractivity contribution in [1.29, 1.82) is 0 Å². The zero-order chi connectivity index (χ0) is 14.1. The Bertz CT molecular complexity index is 369. The van der Waals surface area contributed by atoms with Gasteiger partial charge < -0.3 is 5.32 Å². The Hall–Kier alpha value is -0.350. The summed E-state index contributed by atoms with van der Waals surface area (Å²) in [5, 5.41) is 4.67. The molecule has 0 bridgehead atoms. The maximum absolute atomic E-state index is 12.0. The number of nitrogens with one attached hydrogen (secondary N) is 1. The first-order chi connectivity index (χ1) is 9.15. The van der Waals surface area contributed by atoms with Crippen molar-refractivity contribution in [3.05, 3.63) is 35.9 Å². The van der Waals surface area contributed by atoms with Crippen LogP contribution in [0.4, 0.5) is 0 Å². The zero-order valence-corrected chi connectivity index (χ0v) is 14.5. The van der Waals surface area contributed by atoms with E-state index in [-0.39, 0.29) is 11.4 Å². The van der Waals surface area contributed by atoms with Crippen molar-refractivity contribution >= 4 is 37.8 Å². The number of rotatable bonds is 8. The standard InChI is InChI=1S/C15H21Br2NO/c1-2-15(11-16,12-17)18-14(19)10-6-9-13-7-4-3-5-8-13/h3-5,7-8H,2,6,9-12H2,1H3,(H,18,19). The number of hydrogen-bond acceptors (Lipinski definition) is 1. The molecule has 0 aliphatic rings. The molecule has 106 valence electrons. The Kier molecular flexibility index (Phi) is 7.69. The molecule has 0 saturated carbocycles. The summed E-state index contributed by atoms with van der Waals surface area (Å²) in [6.45, 7) is 2.09. The van der Waals surface area contributed by atoms with Gasteiger partial charge in [-0.15, -0.1) is 0 Å². The van der Waals surface area contributed by atoms with E-state index in [0.29, 0.717) is 6.42 Å². The first kappa shape index (κ1) is 16.7.